The summed E-state index contributed by atoms with van der Waals surface area (Å²) in [5.74, 6) is 0.965. The molecule has 3 aliphatic rings. The summed E-state index contributed by atoms with van der Waals surface area (Å²) in [6.07, 6.45) is 1.81. The molecule has 5 rings (SSSR count). The molecule has 0 saturated carbocycles. The quantitative estimate of drug-likeness (QED) is 0.469. The highest BCUT2D eigenvalue weighted by molar-refractivity contribution is 7.99. The van der Waals surface area contributed by atoms with Crippen molar-refractivity contribution in [2.75, 3.05) is 30.3 Å². The van der Waals surface area contributed by atoms with Crippen LogP contribution >= 0.6 is 23.4 Å². The molecule has 1 amide bonds. The number of piperidine rings is 1. The molecular weight excluding hydrogens is 447 g/mol. The standard InChI is InChI=1S/C25H28ClFN2O2S/c1-25(2,3)31-24(30)28-9-7-21-19(14-28)18-11-15(17-6-5-16(27)13-20(17)26)12-22-23(18)29(21)8-4-10-32-22/h5-6,11-13,19,21H,4,7-10,14H2,1-3H3/t19-,21-/m0/s1. The summed E-state index contributed by atoms with van der Waals surface area (Å²) in [6, 6.07) is 9.38. The van der Waals surface area contributed by atoms with Gasteiger partial charge in [-0.1, -0.05) is 11.6 Å². The first-order chi connectivity index (χ1) is 15.2. The predicted molar refractivity (Wildman–Crippen MR) is 128 cm³/mol. The molecule has 0 aliphatic carbocycles. The molecule has 1 saturated heterocycles. The molecule has 2 aromatic rings. The predicted octanol–water partition coefficient (Wildman–Crippen LogP) is 6.55. The molecule has 0 unspecified atom stereocenters. The van der Waals surface area contributed by atoms with Crippen molar-refractivity contribution in [2.45, 2.75) is 56.1 Å². The Balaban J connectivity index is 1.55. The molecule has 7 heteroatoms. The summed E-state index contributed by atoms with van der Waals surface area (Å²) in [5, 5.41) is 0.418. The van der Waals surface area contributed by atoms with Crippen LogP contribution < -0.4 is 4.90 Å². The number of halogens is 2. The first-order valence-electron chi connectivity index (χ1n) is 11.2. The number of ether oxygens (including phenoxy) is 1. The van der Waals surface area contributed by atoms with Crippen molar-refractivity contribution in [2.24, 2.45) is 0 Å². The van der Waals surface area contributed by atoms with Crippen molar-refractivity contribution >= 4 is 35.1 Å². The minimum Gasteiger partial charge on any atom is -0.444 e. The van der Waals surface area contributed by atoms with Gasteiger partial charge in [0.15, 0.2) is 0 Å². The van der Waals surface area contributed by atoms with Gasteiger partial charge in [0.05, 0.1) is 10.7 Å². The molecule has 0 radical (unpaired) electrons. The average molecular weight is 475 g/mol. The summed E-state index contributed by atoms with van der Waals surface area (Å²) in [4.78, 5) is 18.5. The molecule has 3 heterocycles. The van der Waals surface area contributed by atoms with Crippen LogP contribution in [0.25, 0.3) is 11.1 Å². The summed E-state index contributed by atoms with van der Waals surface area (Å²) in [7, 11) is 0. The first kappa shape index (κ1) is 21.9. The van der Waals surface area contributed by atoms with E-state index < -0.39 is 5.60 Å². The third kappa shape index (κ3) is 3.96. The second-order valence-electron chi connectivity index (χ2n) is 9.82. The molecule has 170 valence electrons. The van der Waals surface area contributed by atoms with Crippen molar-refractivity contribution < 1.29 is 13.9 Å². The lowest BCUT2D eigenvalue weighted by Crippen LogP contribution is -2.49. The maximum absolute atomic E-state index is 13.7. The Morgan fingerprint density at radius 3 is 2.78 bits per heavy atom. The Bertz CT molecular complexity index is 1070. The second kappa shape index (κ2) is 8.14. The second-order valence-corrected chi connectivity index (χ2v) is 11.4. The molecule has 0 bridgehead atoms. The average Bonchev–Trinajstić information content (AvgIpc) is 2.87. The van der Waals surface area contributed by atoms with E-state index in [9.17, 15) is 9.18 Å². The van der Waals surface area contributed by atoms with Crippen LogP contribution in [0.1, 0.15) is 45.1 Å². The zero-order valence-electron chi connectivity index (χ0n) is 18.7. The Kier molecular flexibility index (Phi) is 5.57. The zero-order valence-corrected chi connectivity index (χ0v) is 20.2. The third-order valence-electron chi connectivity index (χ3n) is 6.46. The number of amides is 1. The smallest absolute Gasteiger partial charge is 0.410 e. The van der Waals surface area contributed by atoms with E-state index in [2.05, 4.69) is 17.0 Å². The molecule has 32 heavy (non-hydrogen) atoms. The number of rotatable bonds is 1. The van der Waals surface area contributed by atoms with Gasteiger partial charge in [-0.2, -0.15) is 0 Å². The van der Waals surface area contributed by atoms with E-state index >= 15 is 0 Å². The van der Waals surface area contributed by atoms with Gasteiger partial charge in [0.2, 0.25) is 0 Å². The van der Waals surface area contributed by atoms with E-state index in [1.54, 1.807) is 6.07 Å². The summed E-state index contributed by atoms with van der Waals surface area (Å²) < 4.78 is 19.3. The summed E-state index contributed by atoms with van der Waals surface area (Å²) in [5.41, 5.74) is 3.92. The lowest BCUT2D eigenvalue weighted by Gasteiger charge is -2.39. The first-order valence-corrected chi connectivity index (χ1v) is 12.6. The van der Waals surface area contributed by atoms with E-state index in [1.807, 2.05) is 37.4 Å². The molecule has 0 spiro atoms. The van der Waals surface area contributed by atoms with Crippen LogP contribution in [-0.2, 0) is 4.74 Å². The van der Waals surface area contributed by atoms with E-state index in [4.69, 9.17) is 16.3 Å². The van der Waals surface area contributed by atoms with E-state index in [0.717, 1.165) is 36.3 Å². The maximum atomic E-state index is 13.7. The number of thioether (sulfide) groups is 1. The fourth-order valence-electron chi connectivity index (χ4n) is 5.18. The minimum atomic E-state index is -0.509. The maximum Gasteiger partial charge on any atom is 0.410 e. The van der Waals surface area contributed by atoms with Gasteiger partial charge in [0, 0.05) is 42.1 Å². The molecule has 1 fully saturated rings. The number of fused-ring (bicyclic) bond motifs is 3. The van der Waals surface area contributed by atoms with E-state index in [1.165, 1.54) is 28.3 Å². The highest BCUT2D eigenvalue weighted by Gasteiger charge is 2.45. The van der Waals surface area contributed by atoms with Crippen molar-refractivity contribution in [1.29, 1.82) is 0 Å². The van der Waals surface area contributed by atoms with Crippen molar-refractivity contribution in [3.63, 3.8) is 0 Å². The van der Waals surface area contributed by atoms with Gasteiger partial charge in [-0.25, -0.2) is 9.18 Å². The van der Waals surface area contributed by atoms with Crippen molar-refractivity contribution in [3.05, 3.63) is 46.7 Å². The van der Waals surface area contributed by atoms with Gasteiger partial charge in [0.1, 0.15) is 11.4 Å². The van der Waals surface area contributed by atoms with Crippen LogP contribution in [0, 0.1) is 5.82 Å². The van der Waals surface area contributed by atoms with Crippen LogP contribution in [0.2, 0.25) is 5.02 Å². The molecule has 3 aliphatic heterocycles. The van der Waals surface area contributed by atoms with Crippen LogP contribution in [-0.4, -0.2) is 48.0 Å². The number of nitrogens with zero attached hydrogens (tertiary/aromatic N) is 2. The van der Waals surface area contributed by atoms with Crippen LogP contribution in [0.3, 0.4) is 0 Å². The van der Waals surface area contributed by atoms with Gasteiger partial charge < -0.3 is 14.5 Å². The SMILES string of the molecule is CC(C)(C)OC(=O)N1CC[C@H]2[C@@H](C1)c1cc(-c3ccc(F)cc3Cl)cc3c1N2CCCS3. The van der Waals surface area contributed by atoms with Crippen LogP contribution in [0.15, 0.2) is 35.2 Å². The van der Waals surface area contributed by atoms with Gasteiger partial charge >= 0.3 is 6.09 Å². The highest BCUT2D eigenvalue weighted by Crippen LogP contribution is 2.52. The monoisotopic (exact) mass is 474 g/mol. The molecule has 2 aromatic carbocycles. The Labute approximate surface area is 198 Å². The van der Waals surface area contributed by atoms with E-state index in [-0.39, 0.29) is 17.8 Å². The molecule has 2 atom stereocenters. The van der Waals surface area contributed by atoms with E-state index in [0.29, 0.717) is 24.2 Å². The Morgan fingerprint density at radius 1 is 1.22 bits per heavy atom. The fourth-order valence-corrected chi connectivity index (χ4v) is 6.53. The third-order valence-corrected chi connectivity index (χ3v) is 7.89. The Morgan fingerprint density at radius 2 is 2.03 bits per heavy atom. The van der Waals surface area contributed by atoms with Gasteiger partial charge in [0.25, 0.3) is 0 Å². The molecular formula is C25H28ClFN2O2S. The lowest BCUT2D eigenvalue weighted by molar-refractivity contribution is 0.0189. The topological polar surface area (TPSA) is 32.8 Å². The zero-order chi connectivity index (χ0) is 22.6. The summed E-state index contributed by atoms with van der Waals surface area (Å²) >= 11 is 8.30. The van der Waals surface area contributed by atoms with Crippen LogP contribution in [0.5, 0.6) is 0 Å². The summed E-state index contributed by atoms with van der Waals surface area (Å²) in [6.45, 7) is 8.10. The van der Waals surface area contributed by atoms with Crippen LogP contribution in [0.4, 0.5) is 14.9 Å². The van der Waals surface area contributed by atoms with Crippen molar-refractivity contribution in [1.82, 2.24) is 4.90 Å². The number of anilines is 1. The minimum absolute atomic E-state index is 0.225. The number of hydrogen-bond acceptors (Lipinski definition) is 4. The highest BCUT2D eigenvalue weighted by atomic mass is 35.5. The number of hydrogen-bond donors (Lipinski definition) is 0. The number of carbonyl (C=O) groups excluding carboxylic acids is 1. The lowest BCUT2D eigenvalue weighted by atomic mass is 9.88. The fraction of sp³-hybridized carbons (Fsp3) is 0.480. The largest absolute Gasteiger partial charge is 0.444 e. The molecule has 4 nitrogen and oxygen atoms in total. The van der Waals surface area contributed by atoms with Gasteiger partial charge in [-0.3, -0.25) is 0 Å². The number of carbonyl (C=O) groups is 1. The number of likely N-dealkylation sites (tertiary alicyclic amines) is 1. The van der Waals surface area contributed by atoms with Gasteiger partial charge in [-0.15, -0.1) is 11.8 Å². The van der Waals surface area contributed by atoms with Gasteiger partial charge in [-0.05, 0) is 80.8 Å². The number of benzene rings is 2. The molecule has 0 aromatic heterocycles. The molecule has 0 N–H and O–H groups in total. The van der Waals surface area contributed by atoms with Crippen molar-refractivity contribution in [3.8, 4) is 11.1 Å². The Hall–Kier alpha value is -1.92. The normalized spacial score (nSPS) is 22.3.